The van der Waals surface area contributed by atoms with Gasteiger partial charge in [-0.05, 0) is 36.9 Å². The van der Waals surface area contributed by atoms with Crippen LogP contribution in [0.5, 0.6) is 0 Å². The molecule has 1 saturated heterocycles. The Kier molecular flexibility index (Phi) is 8.05. The number of hydrogen-bond donors (Lipinski definition) is 2. The van der Waals surface area contributed by atoms with E-state index >= 15 is 0 Å². The van der Waals surface area contributed by atoms with Gasteiger partial charge in [0.25, 0.3) is 0 Å². The van der Waals surface area contributed by atoms with Crippen LogP contribution in [-0.2, 0) is 11.2 Å². The molecule has 1 aliphatic heterocycles. The van der Waals surface area contributed by atoms with E-state index in [1.54, 1.807) is 17.6 Å². The van der Waals surface area contributed by atoms with E-state index in [1.807, 2.05) is 17.5 Å². The zero-order chi connectivity index (χ0) is 14.7. The van der Waals surface area contributed by atoms with Gasteiger partial charge in [-0.2, -0.15) is 0 Å². The molecule has 1 aliphatic rings. The Morgan fingerprint density at radius 3 is 3.04 bits per heavy atom. The van der Waals surface area contributed by atoms with E-state index in [0.29, 0.717) is 17.5 Å². The lowest BCUT2D eigenvalue weighted by atomic mass is 9.95. The van der Waals surface area contributed by atoms with Crippen molar-refractivity contribution in [2.75, 3.05) is 13.1 Å². The smallest absolute Gasteiger partial charge is 0.236 e. The van der Waals surface area contributed by atoms with Gasteiger partial charge in [0.05, 0.1) is 17.0 Å². The lowest BCUT2D eigenvalue weighted by molar-refractivity contribution is -0.121. The van der Waals surface area contributed by atoms with Crippen molar-refractivity contribution in [3.8, 4) is 10.8 Å². The molecule has 1 fully saturated rings. The quantitative estimate of drug-likeness (QED) is 0.859. The minimum Gasteiger partial charge on any atom is -0.444 e. The van der Waals surface area contributed by atoms with E-state index < -0.39 is 0 Å². The van der Waals surface area contributed by atoms with Crippen LogP contribution in [0.15, 0.2) is 28.2 Å². The van der Waals surface area contributed by atoms with Gasteiger partial charge in [0.2, 0.25) is 11.8 Å². The number of piperidine rings is 1. The van der Waals surface area contributed by atoms with Gasteiger partial charge < -0.3 is 15.1 Å². The summed E-state index contributed by atoms with van der Waals surface area (Å²) in [4.78, 5) is 17.5. The molecule has 2 unspecified atom stereocenters. The summed E-state index contributed by atoms with van der Waals surface area (Å²) in [7, 11) is 0. The topological polar surface area (TPSA) is 67.2 Å². The van der Waals surface area contributed by atoms with Crippen molar-refractivity contribution in [2.24, 2.45) is 5.92 Å². The zero-order valence-electron chi connectivity index (χ0n) is 12.8. The third-order valence-electron chi connectivity index (χ3n) is 3.76. The maximum absolute atomic E-state index is 12.1. The number of hydrogen-bond acceptors (Lipinski definition) is 5. The van der Waals surface area contributed by atoms with Gasteiger partial charge in [-0.3, -0.25) is 4.79 Å². The second kappa shape index (κ2) is 9.27. The highest BCUT2D eigenvalue weighted by atomic mass is 35.5. The minimum absolute atomic E-state index is 0. The first-order valence-corrected chi connectivity index (χ1v) is 8.08. The first-order valence-electron chi connectivity index (χ1n) is 7.21. The average molecular weight is 378 g/mol. The summed E-state index contributed by atoms with van der Waals surface area (Å²) >= 11 is 1.57. The van der Waals surface area contributed by atoms with Crippen LogP contribution >= 0.6 is 36.2 Å². The Balaban J connectivity index is 0.00000132. The molecule has 2 atom stereocenters. The number of amides is 1. The highest BCUT2D eigenvalue weighted by molar-refractivity contribution is 7.13. The number of nitrogens with one attached hydrogen (secondary N) is 2. The third kappa shape index (κ3) is 5.21. The number of nitrogens with zero attached hydrogens (tertiary/aromatic N) is 1. The van der Waals surface area contributed by atoms with Crippen LogP contribution in [0, 0.1) is 5.92 Å². The molecule has 0 spiro atoms. The van der Waals surface area contributed by atoms with Crippen LogP contribution < -0.4 is 10.6 Å². The first kappa shape index (κ1) is 20.0. The van der Waals surface area contributed by atoms with Crippen molar-refractivity contribution in [1.82, 2.24) is 15.6 Å². The summed E-state index contributed by atoms with van der Waals surface area (Å²) < 4.78 is 5.43. The number of thiophene rings is 1. The molecule has 5 nitrogen and oxygen atoms in total. The van der Waals surface area contributed by atoms with Crippen molar-refractivity contribution < 1.29 is 9.21 Å². The Bertz CT molecular complexity index is 604. The van der Waals surface area contributed by atoms with Gasteiger partial charge in [0, 0.05) is 6.04 Å². The zero-order valence-corrected chi connectivity index (χ0v) is 15.2. The molecule has 8 heteroatoms. The Morgan fingerprint density at radius 2 is 2.35 bits per heavy atom. The molecule has 0 aliphatic carbocycles. The fourth-order valence-electron chi connectivity index (χ4n) is 2.55. The molecule has 2 aromatic heterocycles. The van der Waals surface area contributed by atoms with Crippen LogP contribution in [0.2, 0.25) is 0 Å². The second-order valence-corrected chi connectivity index (χ2v) is 6.39. The molecule has 1 amide bonds. The lowest BCUT2D eigenvalue weighted by Gasteiger charge is -2.30. The molecule has 128 valence electrons. The van der Waals surface area contributed by atoms with Gasteiger partial charge in [0.15, 0.2) is 0 Å². The Morgan fingerprint density at radius 1 is 1.52 bits per heavy atom. The van der Waals surface area contributed by atoms with Gasteiger partial charge in [-0.15, -0.1) is 36.2 Å². The number of carbonyl (C=O) groups is 1. The van der Waals surface area contributed by atoms with E-state index in [4.69, 9.17) is 4.42 Å². The molecule has 23 heavy (non-hydrogen) atoms. The minimum atomic E-state index is 0. The SMILES string of the molecule is CC1CNCCC1NC(=O)Cc1coc(-c2cccs2)n1.Cl.Cl. The van der Waals surface area contributed by atoms with E-state index in [2.05, 4.69) is 22.5 Å². The molecule has 0 radical (unpaired) electrons. The fourth-order valence-corrected chi connectivity index (χ4v) is 3.21. The van der Waals surface area contributed by atoms with E-state index in [0.717, 1.165) is 24.4 Å². The van der Waals surface area contributed by atoms with Crippen LogP contribution in [0.1, 0.15) is 19.0 Å². The summed E-state index contributed by atoms with van der Waals surface area (Å²) in [5.74, 6) is 1.06. The normalized spacial score (nSPS) is 20.2. The first-order chi connectivity index (χ1) is 10.2. The molecule has 0 bridgehead atoms. The molecule has 2 aromatic rings. The van der Waals surface area contributed by atoms with Crippen LogP contribution in [-0.4, -0.2) is 30.0 Å². The van der Waals surface area contributed by atoms with Crippen LogP contribution in [0.25, 0.3) is 10.8 Å². The number of carbonyl (C=O) groups excluding carboxylic acids is 1. The number of halogens is 2. The van der Waals surface area contributed by atoms with E-state index in [1.165, 1.54) is 0 Å². The van der Waals surface area contributed by atoms with Crippen molar-refractivity contribution in [2.45, 2.75) is 25.8 Å². The molecular weight excluding hydrogens is 357 g/mol. The second-order valence-electron chi connectivity index (χ2n) is 5.44. The monoisotopic (exact) mass is 377 g/mol. The van der Waals surface area contributed by atoms with Crippen LogP contribution in [0.4, 0.5) is 0 Å². The third-order valence-corrected chi connectivity index (χ3v) is 4.61. The summed E-state index contributed by atoms with van der Waals surface area (Å²) in [6, 6.07) is 4.16. The number of aromatic nitrogens is 1. The summed E-state index contributed by atoms with van der Waals surface area (Å²) in [6.45, 7) is 4.07. The molecular formula is C15H21Cl2N3O2S. The van der Waals surface area contributed by atoms with Gasteiger partial charge >= 0.3 is 0 Å². The van der Waals surface area contributed by atoms with Gasteiger partial charge in [-0.1, -0.05) is 13.0 Å². The largest absolute Gasteiger partial charge is 0.444 e. The molecule has 3 heterocycles. The Labute approximate surface area is 152 Å². The van der Waals surface area contributed by atoms with Crippen LogP contribution in [0.3, 0.4) is 0 Å². The predicted octanol–water partition coefficient (Wildman–Crippen LogP) is 2.90. The molecule has 3 rings (SSSR count). The predicted molar refractivity (Wildman–Crippen MR) is 96.6 cm³/mol. The summed E-state index contributed by atoms with van der Waals surface area (Å²) in [6.07, 6.45) is 2.82. The van der Waals surface area contributed by atoms with Gasteiger partial charge in [0.1, 0.15) is 6.26 Å². The Hall–Kier alpha value is -1.08. The maximum Gasteiger partial charge on any atom is 0.236 e. The van der Waals surface area contributed by atoms with E-state index in [9.17, 15) is 4.79 Å². The highest BCUT2D eigenvalue weighted by Crippen LogP contribution is 2.23. The van der Waals surface area contributed by atoms with Crippen molar-refractivity contribution in [3.05, 3.63) is 29.5 Å². The van der Waals surface area contributed by atoms with E-state index in [-0.39, 0.29) is 43.2 Å². The fraction of sp³-hybridized carbons (Fsp3) is 0.467. The summed E-state index contributed by atoms with van der Waals surface area (Å²) in [5, 5.41) is 8.41. The standard InChI is InChI=1S/C15H19N3O2S.2ClH/c1-10-8-16-5-4-12(10)18-14(19)7-11-9-20-15(17-11)13-3-2-6-21-13;;/h2-3,6,9-10,12,16H,4-5,7-8H2,1H3,(H,18,19);2*1H. The van der Waals surface area contributed by atoms with Crippen molar-refractivity contribution in [3.63, 3.8) is 0 Å². The molecule has 0 aromatic carbocycles. The maximum atomic E-state index is 12.1. The van der Waals surface area contributed by atoms with Gasteiger partial charge in [-0.25, -0.2) is 4.98 Å². The average Bonchev–Trinajstić information content (AvgIpc) is 3.12. The highest BCUT2D eigenvalue weighted by Gasteiger charge is 2.23. The summed E-state index contributed by atoms with van der Waals surface area (Å²) in [5.41, 5.74) is 0.678. The number of oxazole rings is 1. The molecule has 0 saturated carbocycles. The lowest BCUT2D eigenvalue weighted by Crippen LogP contribution is -2.48. The number of rotatable bonds is 4. The van der Waals surface area contributed by atoms with Crippen molar-refractivity contribution >= 4 is 42.1 Å². The molecule has 2 N–H and O–H groups in total. The van der Waals surface area contributed by atoms with Crippen molar-refractivity contribution in [1.29, 1.82) is 0 Å².